The van der Waals surface area contributed by atoms with E-state index in [-0.39, 0.29) is 0 Å². The SMILES string of the molecule is CCCCCCCCCCC(=O)c1cc2c(s1)CCCC2. The lowest BCUT2D eigenvalue weighted by Gasteiger charge is -2.08. The number of ketones is 1. The zero-order valence-electron chi connectivity index (χ0n) is 13.6. The minimum absolute atomic E-state index is 0.389. The molecule has 0 saturated heterocycles. The molecule has 0 amide bonds. The van der Waals surface area contributed by atoms with Crippen LogP contribution < -0.4 is 0 Å². The molecule has 21 heavy (non-hydrogen) atoms. The van der Waals surface area contributed by atoms with Crippen LogP contribution in [0.25, 0.3) is 0 Å². The summed E-state index contributed by atoms with van der Waals surface area (Å²) in [6.07, 6.45) is 16.2. The molecule has 0 aromatic carbocycles. The van der Waals surface area contributed by atoms with Gasteiger partial charge in [-0.05, 0) is 43.7 Å². The Labute approximate surface area is 134 Å². The minimum atomic E-state index is 0.389. The average molecular weight is 307 g/mol. The summed E-state index contributed by atoms with van der Waals surface area (Å²) in [6, 6.07) is 2.19. The van der Waals surface area contributed by atoms with Crippen LogP contribution in [0.3, 0.4) is 0 Å². The van der Waals surface area contributed by atoms with Crippen LogP contribution in [0.5, 0.6) is 0 Å². The summed E-state index contributed by atoms with van der Waals surface area (Å²) >= 11 is 1.77. The van der Waals surface area contributed by atoms with E-state index in [4.69, 9.17) is 0 Å². The molecule has 0 N–H and O–H groups in total. The quantitative estimate of drug-likeness (QED) is 0.364. The fourth-order valence-electron chi connectivity index (χ4n) is 3.17. The van der Waals surface area contributed by atoms with Gasteiger partial charge in [0, 0.05) is 11.3 Å². The fourth-order valence-corrected chi connectivity index (χ4v) is 4.39. The van der Waals surface area contributed by atoms with Crippen LogP contribution in [0.15, 0.2) is 6.07 Å². The van der Waals surface area contributed by atoms with Gasteiger partial charge < -0.3 is 0 Å². The van der Waals surface area contributed by atoms with Crippen molar-refractivity contribution in [2.75, 3.05) is 0 Å². The Morgan fingerprint density at radius 1 is 1.00 bits per heavy atom. The number of hydrogen-bond donors (Lipinski definition) is 0. The van der Waals surface area contributed by atoms with Crippen molar-refractivity contribution in [2.24, 2.45) is 0 Å². The van der Waals surface area contributed by atoms with Crippen LogP contribution in [-0.2, 0) is 12.8 Å². The predicted molar refractivity (Wildman–Crippen MR) is 92.5 cm³/mol. The molecular formula is C19H30OS. The molecule has 118 valence electrons. The molecule has 1 aromatic heterocycles. The molecule has 0 aliphatic heterocycles. The lowest BCUT2D eigenvalue weighted by Crippen LogP contribution is -1.97. The number of unbranched alkanes of at least 4 members (excludes halogenated alkanes) is 7. The third kappa shape index (κ3) is 5.58. The Morgan fingerprint density at radius 3 is 2.38 bits per heavy atom. The molecule has 0 atom stereocenters. The minimum Gasteiger partial charge on any atom is -0.293 e. The molecule has 1 aliphatic carbocycles. The lowest BCUT2D eigenvalue weighted by molar-refractivity contribution is 0.0983. The van der Waals surface area contributed by atoms with E-state index in [1.807, 2.05) is 0 Å². The average Bonchev–Trinajstić information content (AvgIpc) is 2.94. The van der Waals surface area contributed by atoms with E-state index < -0.39 is 0 Å². The zero-order valence-corrected chi connectivity index (χ0v) is 14.4. The Balaban J connectivity index is 1.60. The van der Waals surface area contributed by atoms with Crippen LogP contribution in [0.2, 0.25) is 0 Å². The van der Waals surface area contributed by atoms with Crippen molar-refractivity contribution in [1.82, 2.24) is 0 Å². The first-order chi connectivity index (χ1) is 10.3. The first kappa shape index (κ1) is 16.7. The Hall–Kier alpha value is -0.630. The van der Waals surface area contributed by atoms with Crippen LogP contribution >= 0.6 is 11.3 Å². The summed E-state index contributed by atoms with van der Waals surface area (Å²) in [4.78, 5) is 14.8. The van der Waals surface area contributed by atoms with Gasteiger partial charge in [0.05, 0.1) is 4.88 Å². The van der Waals surface area contributed by atoms with Crippen molar-refractivity contribution in [2.45, 2.75) is 90.4 Å². The molecule has 2 heteroatoms. The van der Waals surface area contributed by atoms with Crippen LogP contribution in [0.1, 0.15) is 97.7 Å². The summed E-state index contributed by atoms with van der Waals surface area (Å²) in [5, 5.41) is 0. The van der Waals surface area contributed by atoms with Gasteiger partial charge in [0.25, 0.3) is 0 Å². The molecule has 0 saturated carbocycles. The van der Waals surface area contributed by atoms with Crippen molar-refractivity contribution in [3.8, 4) is 0 Å². The predicted octanol–water partition coefficient (Wildman–Crippen LogP) is 6.34. The lowest BCUT2D eigenvalue weighted by atomic mass is 9.98. The van der Waals surface area contributed by atoms with E-state index in [1.165, 1.54) is 81.1 Å². The highest BCUT2D eigenvalue weighted by atomic mass is 32.1. The van der Waals surface area contributed by atoms with Crippen LogP contribution in [-0.4, -0.2) is 5.78 Å². The van der Waals surface area contributed by atoms with Crippen molar-refractivity contribution in [3.05, 3.63) is 21.4 Å². The third-order valence-corrected chi connectivity index (χ3v) is 5.81. The summed E-state index contributed by atoms with van der Waals surface area (Å²) in [5.74, 6) is 0.389. The number of fused-ring (bicyclic) bond motifs is 1. The summed E-state index contributed by atoms with van der Waals surface area (Å²) in [5.41, 5.74) is 1.46. The van der Waals surface area contributed by atoms with Gasteiger partial charge in [-0.2, -0.15) is 0 Å². The van der Waals surface area contributed by atoms with Gasteiger partial charge >= 0.3 is 0 Å². The Bertz CT molecular complexity index is 409. The Morgan fingerprint density at radius 2 is 1.67 bits per heavy atom. The third-order valence-electron chi connectivity index (χ3n) is 4.53. The number of Topliss-reactive ketones (excluding diaryl/α,β-unsaturated/α-hetero) is 1. The molecule has 1 aromatic rings. The van der Waals surface area contributed by atoms with Crippen LogP contribution in [0.4, 0.5) is 0 Å². The number of carbonyl (C=O) groups is 1. The summed E-state index contributed by atoms with van der Waals surface area (Å²) in [7, 11) is 0. The molecule has 0 radical (unpaired) electrons. The molecule has 2 rings (SSSR count). The molecular weight excluding hydrogens is 276 g/mol. The maximum atomic E-state index is 12.2. The second-order valence-corrected chi connectivity index (χ2v) is 7.55. The number of carbonyl (C=O) groups excluding carboxylic acids is 1. The highest BCUT2D eigenvalue weighted by molar-refractivity contribution is 7.14. The van der Waals surface area contributed by atoms with Gasteiger partial charge in [0.2, 0.25) is 0 Å². The van der Waals surface area contributed by atoms with Gasteiger partial charge in [-0.3, -0.25) is 4.79 Å². The number of thiophene rings is 1. The number of rotatable bonds is 10. The maximum absolute atomic E-state index is 12.2. The highest BCUT2D eigenvalue weighted by Crippen LogP contribution is 2.30. The second-order valence-electron chi connectivity index (χ2n) is 6.41. The maximum Gasteiger partial charge on any atom is 0.172 e. The molecule has 1 heterocycles. The van der Waals surface area contributed by atoms with E-state index in [2.05, 4.69) is 13.0 Å². The first-order valence-corrected chi connectivity index (χ1v) is 9.77. The number of hydrogen-bond acceptors (Lipinski definition) is 2. The normalized spacial score (nSPS) is 14.1. The monoisotopic (exact) mass is 306 g/mol. The standard InChI is InChI=1S/C19H30OS/c1-2-3-4-5-6-7-8-9-13-17(20)19-15-16-12-10-11-14-18(16)21-19/h15H,2-14H2,1H3. The van der Waals surface area contributed by atoms with E-state index in [1.54, 1.807) is 11.3 Å². The van der Waals surface area contributed by atoms with Crippen molar-refractivity contribution >= 4 is 17.1 Å². The molecule has 0 fully saturated rings. The van der Waals surface area contributed by atoms with Crippen molar-refractivity contribution in [1.29, 1.82) is 0 Å². The Kier molecular flexibility index (Phi) is 7.49. The summed E-state index contributed by atoms with van der Waals surface area (Å²) in [6.45, 7) is 2.26. The zero-order chi connectivity index (χ0) is 14.9. The topological polar surface area (TPSA) is 17.1 Å². The van der Waals surface area contributed by atoms with E-state index in [0.717, 1.165) is 17.7 Å². The molecule has 0 bridgehead atoms. The molecule has 0 spiro atoms. The number of aryl methyl sites for hydroxylation is 2. The molecule has 1 aliphatic rings. The van der Waals surface area contributed by atoms with Crippen molar-refractivity contribution in [3.63, 3.8) is 0 Å². The van der Waals surface area contributed by atoms with E-state index in [0.29, 0.717) is 5.78 Å². The second kappa shape index (κ2) is 9.40. The van der Waals surface area contributed by atoms with E-state index >= 15 is 0 Å². The highest BCUT2D eigenvalue weighted by Gasteiger charge is 2.16. The first-order valence-electron chi connectivity index (χ1n) is 8.96. The van der Waals surface area contributed by atoms with Gasteiger partial charge in [-0.15, -0.1) is 11.3 Å². The fraction of sp³-hybridized carbons (Fsp3) is 0.737. The summed E-state index contributed by atoms with van der Waals surface area (Å²) < 4.78 is 0. The molecule has 0 unspecified atom stereocenters. The van der Waals surface area contributed by atoms with Crippen molar-refractivity contribution < 1.29 is 4.79 Å². The van der Waals surface area contributed by atoms with Gasteiger partial charge in [0.1, 0.15) is 0 Å². The smallest absolute Gasteiger partial charge is 0.172 e. The van der Waals surface area contributed by atoms with Gasteiger partial charge in [-0.1, -0.05) is 51.9 Å². The van der Waals surface area contributed by atoms with Gasteiger partial charge in [0.15, 0.2) is 5.78 Å². The largest absolute Gasteiger partial charge is 0.293 e. The molecule has 1 nitrogen and oxygen atoms in total. The van der Waals surface area contributed by atoms with E-state index in [9.17, 15) is 4.79 Å². The van der Waals surface area contributed by atoms with Gasteiger partial charge in [-0.25, -0.2) is 0 Å². The van der Waals surface area contributed by atoms with Crippen LogP contribution in [0, 0.1) is 0 Å².